The van der Waals surface area contributed by atoms with Gasteiger partial charge in [-0.3, -0.25) is 0 Å². The smallest absolute Gasteiger partial charge is 0.347 e. The Morgan fingerprint density at radius 1 is 1.29 bits per heavy atom. The van der Waals surface area contributed by atoms with Gasteiger partial charge in [-0.1, -0.05) is 24.9 Å². The predicted molar refractivity (Wildman–Crippen MR) is 107 cm³/mol. The zero-order valence-corrected chi connectivity index (χ0v) is 17.0. The summed E-state index contributed by atoms with van der Waals surface area (Å²) in [6.45, 7) is 4.16. The van der Waals surface area contributed by atoms with Crippen LogP contribution in [0.3, 0.4) is 0 Å². The number of nitrogens with one attached hydrogen (secondary N) is 1. The Bertz CT molecular complexity index is 811. The molecule has 1 saturated heterocycles. The quantitative estimate of drug-likeness (QED) is 0.408. The summed E-state index contributed by atoms with van der Waals surface area (Å²) < 4.78 is 17.1. The van der Waals surface area contributed by atoms with Gasteiger partial charge in [0, 0.05) is 17.4 Å². The van der Waals surface area contributed by atoms with Gasteiger partial charge >= 0.3 is 5.97 Å². The Hall–Kier alpha value is -2.12. The summed E-state index contributed by atoms with van der Waals surface area (Å²) in [6, 6.07) is 3.46. The van der Waals surface area contributed by atoms with Crippen LogP contribution in [0.15, 0.2) is 18.5 Å². The number of fused-ring (bicyclic) bond motifs is 1. The summed E-state index contributed by atoms with van der Waals surface area (Å²) >= 11 is 6.16. The molecule has 3 rings (SSSR count). The van der Waals surface area contributed by atoms with Crippen molar-refractivity contribution in [1.82, 2.24) is 15.3 Å². The van der Waals surface area contributed by atoms with Crippen LogP contribution in [0.4, 0.5) is 0 Å². The third kappa shape index (κ3) is 4.83. The van der Waals surface area contributed by atoms with Crippen LogP contribution in [0.5, 0.6) is 11.5 Å². The third-order valence-electron chi connectivity index (χ3n) is 4.91. The van der Waals surface area contributed by atoms with Gasteiger partial charge in [0.1, 0.15) is 11.5 Å². The molecule has 0 spiro atoms. The molecule has 1 N–H and O–H groups in total. The van der Waals surface area contributed by atoms with Crippen LogP contribution in [0, 0.1) is 5.92 Å². The zero-order valence-electron chi connectivity index (χ0n) is 16.2. The second-order valence-corrected chi connectivity index (χ2v) is 7.19. The van der Waals surface area contributed by atoms with E-state index in [1.54, 1.807) is 19.2 Å². The number of unbranched alkanes of at least 4 members (excludes halogenated alkanes) is 1. The van der Waals surface area contributed by atoms with Crippen LogP contribution in [0.25, 0.3) is 10.9 Å². The average molecular weight is 408 g/mol. The maximum absolute atomic E-state index is 12.8. The first-order valence-electron chi connectivity index (χ1n) is 9.66. The van der Waals surface area contributed by atoms with Crippen molar-refractivity contribution < 1.29 is 19.0 Å². The van der Waals surface area contributed by atoms with Gasteiger partial charge in [-0.2, -0.15) is 0 Å². The van der Waals surface area contributed by atoms with Crippen molar-refractivity contribution >= 4 is 28.5 Å². The Kier molecular flexibility index (Phi) is 7.28. The summed E-state index contributed by atoms with van der Waals surface area (Å²) in [5.41, 5.74) is 0.624. The summed E-state index contributed by atoms with van der Waals surface area (Å²) in [5, 5.41) is 4.31. The van der Waals surface area contributed by atoms with E-state index in [-0.39, 0.29) is 11.9 Å². The Labute approximate surface area is 169 Å². The highest BCUT2D eigenvalue weighted by Crippen LogP contribution is 2.36. The number of nitrogens with zero attached hydrogens (tertiary/aromatic N) is 2. The van der Waals surface area contributed by atoms with Gasteiger partial charge in [0.25, 0.3) is 0 Å². The van der Waals surface area contributed by atoms with E-state index in [2.05, 4.69) is 22.2 Å². The summed E-state index contributed by atoms with van der Waals surface area (Å²) in [7, 11) is 1.55. The fourth-order valence-electron chi connectivity index (χ4n) is 3.30. The van der Waals surface area contributed by atoms with Crippen molar-refractivity contribution in [3.8, 4) is 11.5 Å². The van der Waals surface area contributed by atoms with E-state index >= 15 is 0 Å². The first-order chi connectivity index (χ1) is 13.6. The minimum atomic E-state index is -0.692. The molecule has 0 bridgehead atoms. The predicted octanol–water partition coefficient (Wildman–Crippen LogP) is 3.38. The first kappa shape index (κ1) is 20.6. The van der Waals surface area contributed by atoms with Crippen molar-refractivity contribution in [3.05, 3.63) is 23.6 Å². The topological polar surface area (TPSA) is 82.6 Å². The second kappa shape index (κ2) is 9.89. The van der Waals surface area contributed by atoms with Gasteiger partial charge in [0.05, 0.1) is 19.2 Å². The van der Waals surface area contributed by atoms with Crippen LogP contribution in [-0.2, 0) is 9.53 Å². The molecule has 2 aromatic rings. The molecule has 1 aromatic heterocycles. The highest BCUT2D eigenvalue weighted by Gasteiger charge is 2.33. The van der Waals surface area contributed by atoms with Gasteiger partial charge in [0.15, 0.2) is 17.6 Å². The van der Waals surface area contributed by atoms with E-state index in [4.69, 9.17) is 25.8 Å². The molecular weight excluding hydrogens is 382 g/mol. The number of aromatic nitrogens is 2. The highest BCUT2D eigenvalue weighted by molar-refractivity contribution is 6.34. The van der Waals surface area contributed by atoms with Crippen molar-refractivity contribution in [3.63, 3.8) is 0 Å². The number of hydrogen-bond acceptors (Lipinski definition) is 7. The maximum Gasteiger partial charge on any atom is 0.347 e. The SMILES string of the molecule is CCCCOC(=O)C(Oc1cc2ncnc(Cl)c2cc1OC)C1CCNCC1. The van der Waals surface area contributed by atoms with E-state index in [1.165, 1.54) is 6.33 Å². The average Bonchev–Trinajstić information content (AvgIpc) is 2.72. The van der Waals surface area contributed by atoms with E-state index in [0.29, 0.717) is 34.2 Å². The number of esters is 1. The molecule has 1 aromatic carbocycles. The standard InChI is InChI=1S/C20H26ClN3O4/c1-3-4-9-27-20(25)18(13-5-7-22-8-6-13)28-17-11-15-14(10-16(17)26-2)19(21)24-12-23-15/h10-13,18,22H,3-9H2,1-2H3. The van der Waals surface area contributed by atoms with Gasteiger partial charge in [-0.25, -0.2) is 14.8 Å². The van der Waals surface area contributed by atoms with E-state index < -0.39 is 6.10 Å². The molecule has 1 aliphatic heterocycles. The van der Waals surface area contributed by atoms with Crippen molar-refractivity contribution in [2.24, 2.45) is 5.92 Å². The molecule has 1 aliphatic rings. The summed E-state index contributed by atoms with van der Waals surface area (Å²) in [5.74, 6) is 0.665. The van der Waals surface area contributed by atoms with Crippen LogP contribution >= 0.6 is 11.6 Å². The molecular formula is C20H26ClN3O4. The zero-order chi connectivity index (χ0) is 19.9. The van der Waals surface area contributed by atoms with Crippen molar-refractivity contribution in [2.75, 3.05) is 26.8 Å². The second-order valence-electron chi connectivity index (χ2n) is 6.83. The highest BCUT2D eigenvalue weighted by atomic mass is 35.5. The normalized spacial score (nSPS) is 16.0. The third-order valence-corrected chi connectivity index (χ3v) is 5.21. The number of methoxy groups -OCH3 is 1. The molecule has 1 unspecified atom stereocenters. The minimum absolute atomic E-state index is 0.0739. The van der Waals surface area contributed by atoms with Crippen molar-refractivity contribution in [2.45, 2.75) is 38.7 Å². The van der Waals surface area contributed by atoms with E-state index in [1.807, 2.05) is 0 Å². The lowest BCUT2D eigenvalue weighted by Crippen LogP contribution is -2.42. The fourth-order valence-corrected chi connectivity index (χ4v) is 3.50. The summed E-state index contributed by atoms with van der Waals surface area (Å²) in [4.78, 5) is 21.0. The molecule has 0 saturated carbocycles. The van der Waals surface area contributed by atoms with Gasteiger partial charge < -0.3 is 19.5 Å². The van der Waals surface area contributed by atoms with Crippen LogP contribution in [-0.4, -0.2) is 48.8 Å². The summed E-state index contributed by atoms with van der Waals surface area (Å²) in [6.07, 6.45) is 4.19. The van der Waals surface area contributed by atoms with Gasteiger partial charge in [-0.05, 0) is 38.4 Å². The minimum Gasteiger partial charge on any atom is -0.493 e. The monoisotopic (exact) mass is 407 g/mol. The Morgan fingerprint density at radius 3 is 2.79 bits per heavy atom. The Balaban J connectivity index is 1.89. The number of benzene rings is 1. The molecule has 8 heteroatoms. The number of halogens is 1. The van der Waals surface area contributed by atoms with Gasteiger partial charge in [-0.15, -0.1) is 0 Å². The molecule has 2 heterocycles. The maximum atomic E-state index is 12.8. The van der Waals surface area contributed by atoms with Crippen LogP contribution in [0.1, 0.15) is 32.6 Å². The molecule has 152 valence electrons. The number of carbonyl (C=O) groups excluding carboxylic acids is 1. The largest absolute Gasteiger partial charge is 0.493 e. The lowest BCUT2D eigenvalue weighted by molar-refractivity contribution is -0.155. The number of hydrogen-bond donors (Lipinski definition) is 1. The number of piperidine rings is 1. The molecule has 1 fully saturated rings. The fraction of sp³-hybridized carbons (Fsp3) is 0.550. The van der Waals surface area contributed by atoms with Crippen LogP contribution in [0.2, 0.25) is 5.15 Å². The molecule has 0 aliphatic carbocycles. The molecule has 0 amide bonds. The number of rotatable bonds is 8. The van der Waals surface area contributed by atoms with Crippen LogP contribution < -0.4 is 14.8 Å². The molecule has 7 nitrogen and oxygen atoms in total. The first-order valence-corrected chi connectivity index (χ1v) is 10.0. The molecule has 1 atom stereocenters. The number of ether oxygens (including phenoxy) is 3. The van der Waals surface area contributed by atoms with E-state index in [9.17, 15) is 4.79 Å². The number of carbonyl (C=O) groups is 1. The lowest BCUT2D eigenvalue weighted by Gasteiger charge is -2.30. The molecule has 0 radical (unpaired) electrons. The lowest BCUT2D eigenvalue weighted by atomic mass is 9.92. The molecule has 28 heavy (non-hydrogen) atoms. The van der Waals surface area contributed by atoms with Crippen molar-refractivity contribution in [1.29, 1.82) is 0 Å². The van der Waals surface area contributed by atoms with Gasteiger partial charge in [0.2, 0.25) is 0 Å². The van der Waals surface area contributed by atoms with E-state index in [0.717, 1.165) is 38.8 Å². The Morgan fingerprint density at radius 2 is 2.07 bits per heavy atom.